The number of hydrogen-bond acceptors (Lipinski definition) is 3. The molecule has 0 aliphatic carbocycles. The molecule has 1 aliphatic rings. The molecule has 2 rings (SSSR count). The number of nitrogens with one attached hydrogen (secondary N) is 2. The summed E-state index contributed by atoms with van der Waals surface area (Å²) in [7, 11) is 0. The summed E-state index contributed by atoms with van der Waals surface area (Å²) in [6.45, 7) is 7.96. The maximum Gasteiger partial charge on any atom is 0.319 e. The molecule has 1 saturated heterocycles. The van der Waals surface area contributed by atoms with Gasteiger partial charge in [-0.25, -0.2) is 4.79 Å². The van der Waals surface area contributed by atoms with Crippen molar-refractivity contribution in [3.05, 3.63) is 24.3 Å². The first-order chi connectivity index (χ1) is 11.5. The predicted octanol–water partition coefficient (Wildman–Crippen LogP) is 2.85. The number of carbonyl (C=O) groups is 2. The maximum atomic E-state index is 12.6. The van der Waals surface area contributed by atoms with Crippen LogP contribution in [0.1, 0.15) is 33.6 Å². The Morgan fingerprint density at radius 1 is 1.17 bits per heavy atom. The van der Waals surface area contributed by atoms with Crippen molar-refractivity contribution >= 4 is 17.6 Å². The minimum Gasteiger partial charge on any atom is -0.494 e. The molecule has 1 unspecified atom stereocenters. The van der Waals surface area contributed by atoms with Gasteiger partial charge in [-0.3, -0.25) is 4.79 Å². The lowest BCUT2D eigenvalue weighted by atomic mass is 10.0. The van der Waals surface area contributed by atoms with Crippen LogP contribution in [0.5, 0.6) is 5.75 Å². The third-order valence-electron chi connectivity index (χ3n) is 4.06. The van der Waals surface area contributed by atoms with E-state index >= 15 is 0 Å². The standard InChI is InChI=1S/C18H27N3O3/c1-4-24-15-9-7-14(8-10-15)19-18(23)20-16(13(2)3)17(22)21-11-5-6-12-21/h7-10,13,16H,4-6,11-12H2,1-3H3,(H2,19,20,23). The van der Waals surface area contributed by atoms with E-state index in [4.69, 9.17) is 4.74 Å². The molecule has 6 heteroatoms. The first-order valence-corrected chi connectivity index (χ1v) is 8.60. The average molecular weight is 333 g/mol. The maximum absolute atomic E-state index is 12.6. The van der Waals surface area contributed by atoms with E-state index in [2.05, 4.69) is 10.6 Å². The van der Waals surface area contributed by atoms with Crippen LogP contribution >= 0.6 is 0 Å². The van der Waals surface area contributed by atoms with Crippen molar-refractivity contribution in [3.8, 4) is 5.75 Å². The van der Waals surface area contributed by atoms with Gasteiger partial charge >= 0.3 is 6.03 Å². The van der Waals surface area contributed by atoms with Gasteiger partial charge in [-0.05, 0) is 49.9 Å². The van der Waals surface area contributed by atoms with Crippen LogP contribution in [0.3, 0.4) is 0 Å². The van der Waals surface area contributed by atoms with Crippen molar-refractivity contribution in [3.63, 3.8) is 0 Å². The molecule has 24 heavy (non-hydrogen) atoms. The summed E-state index contributed by atoms with van der Waals surface area (Å²) < 4.78 is 5.37. The Hall–Kier alpha value is -2.24. The van der Waals surface area contributed by atoms with Gasteiger partial charge in [0.1, 0.15) is 11.8 Å². The smallest absolute Gasteiger partial charge is 0.319 e. The third kappa shape index (κ3) is 4.88. The summed E-state index contributed by atoms with van der Waals surface area (Å²) in [6, 6.07) is 6.27. The van der Waals surface area contributed by atoms with E-state index in [1.807, 2.05) is 25.7 Å². The number of benzene rings is 1. The predicted molar refractivity (Wildman–Crippen MR) is 94.2 cm³/mol. The number of carbonyl (C=O) groups excluding carboxylic acids is 2. The van der Waals surface area contributed by atoms with Crippen molar-refractivity contribution in [1.82, 2.24) is 10.2 Å². The lowest BCUT2D eigenvalue weighted by Gasteiger charge is -2.26. The Morgan fingerprint density at radius 3 is 2.33 bits per heavy atom. The minimum absolute atomic E-state index is 0.00402. The molecule has 1 aliphatic heterocycles. The highest BCUT2D eigenvalue weighted by molar-refractivity contribution is 5.93. The second kappa shape index (κ2) is 8.57. The van der Waals surface area contributed by atoms with Crippen molar-refractivity contribution in [2.24, 2.45) is 5.92 Å². The Balaban J connectivity index is 1.93. The van der Waals surface area contributed by atoms with Crippen LogP contribution in [0, 0.1) is 5.92 Å². The third-order valence-corrected chi connectivity index (χ3v) is 4.06. The van der Waals surface area contributed by atoms with E-state index in [9.17, 15) is 9.59 Å². The summed E-state index contributed by atoms with van der Waals surface area (Å²) in [5, 5.41) is 5.57. The molecule has 3 amide bonds. The van der Waals surface area contributed by atoms with Crippen molar-refractivity contribution in [1.29, 1.82) is 0 Å². The zero-order valence-electron chi connectivity index (χ0n) is 14.7. The summed E-state index contributed by atoms with van der Waals surface area (Å²) in [6.07, 6.45) is 2.07. The number of nitrogens with zero attached hydrogens (tertiary/aromatic N) is 1. The molecular formula is C18H27N3O3. The van der Waals surface area contributed by atoms with Crippen LogP contribution in [0.15, 0.2) is 24.3 Å². The second-order valence-corrected chi connectivity index (χ2v) is 6.31. The topological polar surface area (TPSA) is 70.7 Å². The first-order valence-electron chi connectivity index (χ1n) is 8.60. The molecule has 6 nitrogen and oxygen atoms in total. The highest BCUT2D eigenvalue weighted by Gasteiger charge is 2.29. The fourth-order valence-corrected chi connectivity index (χ4v) is 2.76. The Labute approximate surface area is 143 Å². The summed E-state index contributed by atoms with van der Waals surface area (Å²) in [5.74, 6) is 0.793. The van der Waals surface area contributed by atoms with Crippen molar-refractivity contribution < 1.29 is 14.3 Å². The van der Waals surface area contributed by atoms with Gasteiger partial charge in [-0.15, -0.1) is 0 Å². The van der Waals surface area contributed by atoms with Crippen LogP contribution < -0.4 is 15.4 Å². The highest BCUT2D eigenvalue weighted by Crippen LogP contribution is 2.16. The number of ether oxygens (including phenoxy) is 1. The summed E-state index contributed by atoms with van der Waals surface area (Å²) in [5.41, 5.74) is 0.659. The molecule has 1 atom stereocenters. The molecule has 0 spiro atoms. The molecule has 0 saturated carbocycles. The largest absolute Gasteiger partial charge is 0.494 e. The van der Waals surface area contributed by atoms with Crippen LogP contribution in [0.25, 0.3) is 0 Å². The second-order valence-electron chi connectivity index (χ2n) is 6.31. The van der Waals surface area contributed by atoms with E-state index in [0.717, 1.165) is 31.7 Å². The monoisotopic (exact) mass is 333 g/mol. The van der Waals surface area contributed by atoms with Crippen molar-refractivity contribution in [2.75, 3.05) is 25.0 Å². The Morgan fingerprint density at radius 2 is 1.79 bits per heavy atom. The molecule has 1 aromatic rings. The lowest BCUT2D eigenvalue weighted by Crippen LogP contribution is -2.51. The van der Waals surface area contributed by atoms with Crippen LogP contribution in [-0.4, -0.2) is 42.6 Å². The minimum atomic E-state index is -0.509. The van der Waals surface area contributed by atoms with Gasteiger partial charge < -0.3 is 20.3 Å². The van der Waals surface area contributed by atoms with Gasteiger partial charge in [0.2, 0.25) is 5.91 Å². The molecule has 0 radical (unpaired) electrons. The van der Waals surface area contributed by atoms with Gasteiger partial charge in [0.15, 0.2) is 0 Å². The van der Waals surface area contributed by atoms with Crippen LogP contribution in [-0.2, 0) is 4.79 Å². The molecule has 132 valence electrons. The van der Waals surface area contributed by atoms with Gasteiger partial charge in [0.05, 0.1) is 6.61 Å². The van der Waals surface area contributed by atoms with Gasteiger partial charge in [-0.2, -0.15) is 0 Å². The molecular weight excluding hydrogens is 306 g/mol. The molecule has 1 aromatic carbocycles. The number of likely N-dealkylation sites (tertiary alicyclic amines) is 1. The van der Waals surface area contributed by atoms with E-state index in [-0.39, 0.29) is 17.9 Å². The fourth-order valence-electron chi connectivity index (χ4n) is 2.76. The van der Waals surface area contributed by atoms with Gasteiger partial charge in [0.25, 0.3) is 0 Å². The molecule has 1 heterocycles. The number of urea groups is 1. The van der Waals surface area contributed by atoms with Crippen LogP contribution in [0.4, 0.5) is 10.5 Å². The molecule has 0 aromatic heterocycles. The average Bonchev–Trinajstić information content (AvgIpc) is 3.08. The lowest BCUT2D eigenvalue weighted by molar-refractivity contribution is -0.133. The first kappa shape index (κ1) is 18.1. The summed E-state index contributed by atoms with van der Waals surface area (Å²) in [4.78, 5) is 26.6. The number of anilines is 1. The van der Waals surface area contributed by atoms with Gasteiger partial charge in [-0.1, -0.05) is 13.8 Å². The van der Waals surface area contributed by atoms with E-state index in [0.29, 0.717) is 12.3 Å². The number of rotatable bonds is 6. The normalized spacial score (nSPS) is 15.2. The Kier molecular flexibility index (Phi) is 6.46. The fraction of sp³-hybridized carbons (Fsp3) is 0.556. The van der Waals surface area contributed by atoms with Crippen molar-refractivity contribution in [2.45, 2.75) is 39.7 Å². The highest BCUT2D eigenvalue weighted by atomic mass is 16.5. The van der Waals surface area contributed by atoms with E-state index < -0.39 is 6.04 Å². The molecule has 1 fully saturated rings. The Bertz CT molecular complexity index is 551. The van der Waals surface area contributed by atoms with E-state index in [1.165, 1.54) is 0 Å². The quantitative estimate of drug-likeness (QED) is 0.841. The zero-order valence-corrected chi connectivity index (χ0v) is 14.7. The zero-order chi connectivity index (χ0) is 17.5. The molecule has 2 N–H and O–H groups in total. The summed E-state index contributed by atoms with van der Waals surface area (Å²) >= 11 is 0. The SMILES string of the molecule is CCOc1ccc(NC(=O)NC(C(=O)N2CCCC2)C(C)C)cc1. The number of amides is 3. The molecule has 0 bridgehead atoms. The van der Waals surface area contributed by atoms with E-state index in [1.54, 1.807) is 24.3 Å². The van der Waals surface area contributed by atoms with Gasteiger partial charge in [0, 0.05) is 18.8 Å². The number of hydrogen-bond donors (Lipinski definition) is 2. The van der Waals surface area contributed by atoms with Crippen LogP contribution in [0.2, 0.25) is 0 Å².